The van der Waals surface area contributed by atoms with Gasteiger partial charge in [0.25, 0.3) is 0 Å². The SMILES string of the molecule is CNCc1cccc(Cl)c1OCc1nccn1C(F)F. The summed E-state index contributed by atoms with van der Waals surface area (Å²) in [5.74, 6) is 0.627. The van der Waals surface area contributed by atoms with Gasteiger partial charge in [0.2, 0.25) is 0 Å². The van der Waals surface area contributed by atoms with Gasteiger partial charge >= 0.3 is 6.55 Å². The number of para-hydroxylation sites is 1. The fourth-order valence-corrected chi connectivity index (χ4v) is 2.06. The van der Waals surface area contributed by atoms with Crippen LogP contribution in [0.4, 0.5) is 8.78 Å². The molecule has 0 bridgehead atoms. The number of imidazole rings is 1. The largest absolute Gasteiger partial charge is 0.484 e. The molecule has 0 radical (unpaired) electrons. The molecule has 0 unspecified atom stereocenters. The van der Waals surface area contributed by atoms with Gasteiger partial charge in [0, 0.05) is 24.5 Å². The molecule has 108 valence electrons. The van der Waals surface area contributed by atoms with Crippen molar-refractivity contribution in [1.29, 1.82) is 0 Å². The summed E-state index contributed by atoms with van der Waals surface area (Å²) in [4.78, 5) is 3.86. The number of nitrogens with zero attached hydrogens (tertiary/aromatic N) is 2. The van der Waals surface area contributed by atoms with E-state index in [0.717, 1.165) is 10.1 Å². The van der Waals surface area contributed by atoms with E-state index in [9.17, 15) is 8.78 Å². The predicted molar refractivity (Wildman–Crippen MR) is 72.0 cm³/mol. The molecule has 0 fully saturated rings. The molecule has 0 aliphatic rings. The minimum absolute atomic E-state index is 0.0716. The molecule has 0 amide bonds. The van der Waals surface area contributed by atoms with Crippen molar-refractivity contribution in [2.45, 2.75) is 19.7 Å². The van der Waals surface area contributed by atoms with Crippen molar-refractivity contribution < 1.29 is 13.5 Å². The van der Waals surface area contributed by atoms with E-state index in [1.165, 1.54) is 12.4 Å². The number of rotatable bonds is 6. The first-order valence-corrected chi connectivity index (χ1v) is 6.36. The monoisotopic (exact) mass is 301 g/mol. The van der Waals surface area contributed by atoms with E-state index in [1.54, 1.807) is 13.1 Å². The fraction of sp³-hybridized carbons (Fsp3) is 0.308. The van der Waals surface area contributed by atoms with Gasteiger partial charge in [0.15, 0.2) is 5.82 Å². The number of nitrogens with one attached hydrogen (secondary N) is 1. The Bertz CT molecular complexity index is 574. The number of ether oxygens (including phenoxy) is 1. The van der Waals surface area contributed by atoms with Crippen molar-refractivity contribution in [1.82, 2.24) is 14.9 Å². The molecule has 0 atom stereocenters. The Morgan fingerprint density at radius 1 is 1.45 bits per heavy atom. The lowest BCUT2D eigenvalue weighted by molar-refractivity contribution is 0.0632. The number of hydrogen-bond acceptors (Lipinski definition) is 3. The third kappa shape index (κ3) is 3.26. The predicted octanol–water partition coefficient (Wildman–Crippen LogP) is 3.23. The first-order chi connectivity index (χ1) is 9.63. The van der Waals surface area contributed by atoms with E-state index < -0.39 is 6.55 Å². The van der Waals surface area contributed by atoms with Gasteiger partial charge in [0.05, 0.1) is 5.02 Å². The molecule has 0 aliphatic heterocycles. The summed E-state index contributed by atoms with van der Waals surface area (Å²) in [6.07, 6.45) is 2.52. The van der Waals surface area contributed by atoms with Crippen molar-refractivity contribution in [3.63, 3.8) is 0 Å². The van der Waals surface area contributed by atoms with Crippen LogP contribution in [0.3, 0.4) is 0 Å². The number of benzene rings is 1. The molecular formula is C13H14ClF2N3O. The van der Waals surface area contributed by atoms with Crippen LogP contribution in [-0.2, 0) is 13.2 Å². The Labute approximate surface area is 120 Å². The second kappa shape index (κ2) is 6.67. The lowest BCUT2D eigenvalue weighted by Crippen LogP contribution is -2.10. The Morgan fingerprint density at radius 2 is 2.25 bits per heavy atom. The van der Waals surface area contributed by atoms with E-state index in [-0.39, 0.29) is 12.4 Å². The Hall–Kier alpha value is -1.66. The van der Waals surface area contributed by atoms with E-state index in [2.05, 4.69) is 10.3 Å². The van der Waals surface area contributed by atoms with Crippen LogP contribution in [0.15, 0.2) is 30.6 Å². The smallest absolute Gasteiger partial charge is 0.320 e. The zero-order chi connectivity index (χ0) is 14.5. The van der Waals surface area contributed by atoms with E-state index in [1.807, 2.05) is 12.1 Å². The number of hydrogen-bond donors (Lipinski definition) is 1. The van der Waals surface area contributed by atoms with Crippen molar-refractivity contribution in [2.75, 3.05) is 7.05 Å². The summed E-state index contributed by atoms with van der Waals surface area (Å²) in [6, 6.07) is 5.36. The molecule has 7 heteroatoms. The maximum absolute atomic E-state index is 12.7. The van der Waals surface area contributed by atoms with Crippen molar-refractivity contribution >= 4 is 11.6 Å². The molecule has 1 N–H and O–H groups in total. The van der Waals surface area contributed by atoms with Gasteiger partial charge in [-0.1, -0.05) is 23.7 Å². The molecule has 20 heavy (non-hydrogen) atoms. The topological polar surface area (TPSA) is 39.1 Å². The summed E-state index contributed by atoms with van der Waals surface area (Å²) in [7, 11) is 1.80. The number of aromatic nitrogens is 2. The minimum Gasteiger partial charge on any atom is -0.484 e. The van der Waals surface area contributed by atoms with E-state index in [0.29, 0.717) is 17.3 Å². The van der Waals surface area contributed by atoms with E-state index >= 15 is 0 Å². The third-order valence-corrected chi connectivity index (χ3v) is 3.02. The zero-order valence-electron chi connectivity index (χ0n) is 10.8. The summed E-state index contributed by atoms with van der Waals surface area (Å²) in [5.41, 5.74) is 0.857. The Kier molecular flexibility index (Phi) is 4.92. The minimum atomic E-state index is -2.64. The van der Waals surface area contributed by atoms with Gasteiger partial charge in [-0.3, -0.25) is 4.57 Å². The van der Waals surface area contributed by atoms with E-state index in [4.69, 9.17) is 16.3 Å². The van der Waals surface area contributed by atoms with Gasteiger partial charge in [0.1, 0.15) is 12.4 Å². The molecule has 0 spiro atoms. The van der Waals surface area contributed by atoms with Crippen LogP contribution in [0.1, 0.15) is 17.9 Å². The maximum atomic E-state index is 12.7. The summed E-state index contributed by atoms with van der Waals surface area (Å²) >= 11 is 6.08. The molecule has 2 aromatic rings. The molecule has 1 aromatic heterocycles. The fourth-order valence-electron chi connectivity index (χ4n) is 1.81. The molecule has 1 aromatic carbocycles. The van der Waals surface area contributed by atoms with Crippen LogP contribution in [0.2, 0.25) is 5.02 Å². The summed E-state index contributed by atoms with van der Waals surface area (Å²) < 4.78 is 31.7. The highest BCUT2D eigenvalue weighted by molar-refractivity contribution is 6.32. The Balaban J connectivity index is 2.16. The van der Waals surface area contributed by atoms with Gasteiger partial charge in [-0.25, -0.2) is 4.98 Å². The van der Waals surface area contributed by atoms with Crippen LogP contribution in [0, 0.1) is 0 Å². The van der Waals surface area contributed by atoms with Crippen molar-refractivity contribution in [3.8, 4) is 5.75 Å². The first-order valence-electron chi connectivity index (χ1n) is 5.98. The lowest BCUT2D eigenvalue weighted by atomic mass is 10.2. The van der Waals surface area contributed by atoms with Crippen LogP contribution < -0.4 is 10.1 Å². The molecule has 0 aliphatic carbocycles. The molecular weight excluding hydrogens is 288 g/mol. The molecule has 0 saturated carbocycles. The second-order valence-electron chi connectivity index (χ2n) is 4.08. The normalized spacial score (nSPS) is 11.1. The van der Waals surface area contributed by atoms with Gasteiger partial charge in [-0.2, -0.15) is 8.78 Å². The van der Waals surface area contributed by atoms with Crippen LogP contribution in [0.5, 0.6) is 5.75 Å². The average Bonchev–Trinajstić information content (AvgIpc) is 2.87. The maximum Gasteiger partial charge on any atom is 0.320 e. The first kappa shape index (κ1) is 14.7. The quantitative estimate of drug-likeness (QED) is 0.890. The molecule has 1 heterocycles. The number of halogens is 3. The van der Waals surface area contributed by atoms with Gasteiger partial charge in [-0.15, -0.1) is 0 Å². The highest BCUT2D eigenvalue weighted by Gasteiger charge is 2.14. The van der Waals surface area contributed by atoms with Crippen LogP contribution in [0.25, 0.3) is 0 Å². The summed E-state index contributed by atoms with van der Waals surface area (Å²) in [6.45, 7) is -2.14. The number of alkyl halides is 2. The average molecular weight is 302 g/mol. The molecule has 4 nitrogen and oxygen atoms in total. The highest BCUT2D eigenvalue weighted by Crippen LogP contribution is 2.29. The third-order valence-electron chi connectivity index (χ3n) is 2.72. The molecule has 2 rings (SSSR count). The van der Waals surface area contributed by atoms with Crippen molar-refractivity contribution in [2.24, 2.45) is 0 Å². The molecule has 0 saturated heterocycles. The van der Waals surface area contributed by atoms with Crippen LogP contribution in [-0.4, -0.2) is 16.6 Å². The highest BCUT2D eigenvalue weighted by atomic mass is 35.5. The van der Waals surface area contributed by atoms with Gasteiger partial charge in [-0.05, 0) is 13.1 Å². The standard InChI is InChI=1S/C13H14ClF2N3O/c1-17-7-9-3-2-4-10(14)12(9)20-8-11-18-5-6-19(11)13(15)16/h2-6,13,17H,7-8H2,1H3. The summed E-state index contributed by atoms with van der Waals surface area (Å²) in [5, 5.41) is 3.43. The second-order valence-corrected chi connectivity index (χ2v) is 4.48. The van der Waals surface area contributed by atoms with Crippen molar-refractivity contribution in [3.05, 3.63) is 47.0 Å². The zero-order valence-corrected chi connectivity index (χ0v) is 11.6. The lowest BCUT2D eigenvalue weighted by Gasteiger charge is -2.13. The van der Waals surface area contributed by atoms with Crippen LogP contribution >= 0.6 is 11.6 Å². The Morgan fingerprint density at radius 3 is 2.95 bits per heavy atom. The van der Waals surface area contributed by atoms with Gasteiger partial charge < -0.3 is 10.1 Å².